The van der Waals surface area contributed by atoms with E-state index in [1.165, 1.54) is 19.8 Å². The third-order valence-corrected chi connectivity index (χ3v) is 6.59. The quantitative estimate of drug-likeness (QED) is 0.592. The first-order chi connectivity index (χ1) is 10.1. The maximum absolute atomic E-state index is 11.6. The normalized spacial score (nSPS) is 49.2. The van der Waals surface area contributed by atoms with Crippen LogP contribution in [0.5, 0.6) is 0 Å². The maximum atomic E-state index is 11.6. The van der Waals surface area contributed by atoms with Gasteiger partial charge < -0.3 is 9.47 Å². The lowest BCUT2D eigenvalue weighted by Gasteiger charge is -2.40. The van der Waals surface area contributed by atoms with E-state index in [-0.39, 0.29) is 24.1 Å². The number of esters is 2. The molecule has 4 aliphatic carbocycles. The first-order valence-corrected chi connectivity index (χ1v) is 8.45. The van der Waals surface area contributed by atoms with Gasteiger partial charge in [0.05, 0.1) is 0 Å². The number of hydrogen-bond acceptors (Lipinski definition) is 4. The highest BCUT2D eigenvalue weighted by molar-refractivity contribution is 5.69. The molecule has 116 valence electrons. The van der Waals surface area contributed by atoms with Crippen LogP contribution in [-0.4, -0.2) is 24.1 Å². The molecule has 0 aromatic rings. The molecule has 4 bridgehead atoms. The molecular formula is C17H24O4. The molecule has 0 amide bonds. The van der Waals surface area contributed by atoms with Gasteiger partial charge in [-0.3, -0.25) is 9.59 Å². The Kier molecular flexibility index (Phi) is 3.05. The second-order valence-corrected chi connectivity index (χ2v) is 7.48. The van der Waals surface area contributed by atoms with E-state index in [2.05, 4.69) is 0 Å². The zero-order valence-corrected chi connectivity index (χ0v) is 12.8. The minimum atomic E-state index is -0.137. The monoisotopic (exact) mass is 292 g/mol. The van der Waals surface area contributed by atoms with Gasteiger partial charge in [0.25, 0.3) is 0 Å². The van der Waals surface area contributed by atoms with Crippen LogP contribution in [0.3, 0.4) is 0 Å². The van der Waals surface area contributed by atoms with E-state index in [9.17, 15) is 9.59 Å². The van der Waals surface area contributed by atoms with E-state index in [1.807, 2.05) is 6.92 Å². The van der Waals surface area contributed by atoms with Crippen LogP contribution in [0.25, 0.3) is 0 Å². The second kappa shape index (κ2) is 4.72. The van der Waals surface area contributed by atoms with Gasteiger partial charge in [0.2, 0.25) is 0 Å². The van der Waals surface area contributed by atoms with Crippen molar-refractivity contribution in [3.8, 4) is 0 Å². The average molecular weight is 292 g/mol. The van der Waals surface area contributed by atoms with E-state index in [0.29, 0.717) is 30.1 Å². The molecule has 0 aliphatic heterocycles. The first kappa shape index (κ1) is 13.6. The van der Waals surface area contributed by atoms with Gasteiger partial charge in [-0.15, -0.1) is 0 Å². The molecule has 0 heterocycles. The number of rotatable bonds is 3. The highest BCUT2D eigenvalue weighted by Gasteiger charge is 2.66. The van der Waals surface area contributed by atoms with Crippen molar-refractivity contribution in [2.24, 2.45) is 35.5 Å². The van der Waals surface area contributed by atoms with Gasteiger partial charge in [0, 0.05) is 13.3 Å². The van der Waals surface area contributed by atoms with Crippen LogP contribution < -0.4 is 0 Å². The van der Waals surface area contributed by atoms with Gasteiger partial charge in [-0.1, -0.05) is 6.92 Å². The molecule has 4 rings (SSSR count). The molecular weight excluding hydrogens is 268 g/mol. The van der Waals surface area contributed by atoms with Crippen LogP contribution >= 0.6 is 0 Å². The Morgan fingerprint density at radius 3 is 1.90 bits per heavy atom. The standard InChI is InChI=1S/C17H24O4/c1-3-15(19)21-14-7-10-5-12(14)17-9-4-11(16(10)17)13(6-9)20-8(2)18/h9-14,16-17H,3-7H2,1-2H3. The van der Waals surface area contributed by atoms with E-state index < -0.39 is 0 Å². The van der Waals surface area contributed by atoms with Crippen molar-refractivity contribution in [3.05, 3.63) is 0 Å². The molecule has 4 nitrogen and oxygen atoms in total. The summed E-state index contributed by atoms with van der Waals surface area (Å²) in [5.41, 5.74) is 0. The number of carbonyl (C=O) groups excluding carboxylic acids is 2. The molecule has 0 aromatic heterocycles. The predicted octanol–water partition coefficient (Wildman–Crippen LogP) is 2.55. The van der Waals surface area contributed by atoms with Gasteiger partial charge in [-0.25, -0.2) is 0 Å². The van der Waals surface area contributed by atoms with Crippen molar-refractivity contribution in [1.29, 1.82) is 0 Å². The summed E-state index contributed by atoms with van der Waals surface area (Å²) in [6.07, 6.45) is 5.30. The maximum Gasteiger partial charge on any atom is 0.305 e. The summed E-state index contributed by atoms with van der Waals surface area (Å²) in [6, 6.07) is 0. The predicted molar refractivity (Wildman–Crippen MR) is 75.1 cm³/mol. The van der Waals surface area contributed by atoms with Crippen molar-refractivity contribution in [2.45, 2.75) is 58.2 Å². The van der Waals surface area contributed by atoms with Crippen LogP contribution in [0.4, 0.5) is 0 Å². The van der Waals surface area contributed by atoms with Gasteiger partial charge in [-0.2, -0.15) is 0 Å². The second-order valence-electron chi connectivity index (χ2n) is 7.48. The Labute approximate surface area is 125 Å². The lowest BCUT2D eigenvalue weighted by atomic mass is 9.69. The summed E-state index contributed by atoms with van der Waals surface area (Å²) < 4.78 is 11.2. The summed E-state index contributed by atoms with van der Waals surface area (Å²) in [7, 11) is 0. The van der Waals surface area contributed by atoms with Gasteiger partial charge in [-0.05, 0) is 61.2 Å². The molecule has 21 heavy (non-hydrogen) atoms. The lowest BCUT2D eigenvalue weighted by molar-refractivity contribution is -0.158. The van der Waals surface area contributed by atoms with Crippen LogP contribution in [0, 0.1) is 35.5 Å². The van der Waals surface area contributed by atoms with Crippen LogP contribution in [-0.2, 0) is 19.1 Å². The topological polar surface area (TPSA) is 52.6 Å². The van der Waals surface area contributed by atoms with Crippen LogP contribution in [0.1, 0.15) is 46.0 Å². The Morgan fingerprint density at radius 1 is 0.905 bits per heavy atom. The Hall–Kier alpha value is -1.06. The number of ether oxygens (including phenoxy) is 2. The van der Waals surface area contributed by atoms with E-state index >= 15 is 0 Å². The SMILES string of the molecule is CCC(=O)OC1CC2CC1C1C3CC(OC(C)=O)C(C3)C21. The van der Waals surface area contributed by atoms with E-state index in [4.69, 9.17) is 9.47 Å². The summed E-state index contributed by atoms with van der Waals surface area (Å²) in [5, 5.41) is 0. The molecule has 4 fully saturated rings. The fraction of sp³-hybridized carbons (Fsp3) is 0.882. The van der Waals surface area contributed by atoms with Gasteiger partial charge in [0.15, 0.2) is 0 Å². The van der Waals surface area contributed by atoms with Gasteiger partial charge in [0.1, 0.15) is 12.2 Å². The third kappa shape index (κ3) is 1.94. The number of hydrogen-bond donors (Lipinski definition) is 0. The molecule has 0 N–H and O–H groups in total. The Morgan fingerprint density at radius 2 is 1.43 bits per heavy atom. The summed E-state index contributed by atoms with van der Waals surface area (Å²) >= 11 is 0. The highest BCUT2D eigenvalue weighted by Crippen LogP contribution is 2.68. The minimum absolute atomic E-state index is 0.0509. The molecule has 0 saturated heterocycles. The van der Waals surface area contributed by atoms with Crippen LogP contribution in [0.2, 0.25) is 0 Å². The Balaban J connectivity index is 1.48. The molecule has 8 unspecified atom stereocenters. The molecule has 4 saturated carbocycles. The van der Waals surface area contributed by atoms with Crippen molar-refractivity contribution < 1.29 is 19.1 Å². The number of fused-ring (bicyclic) bond motifs is 9. The molecule has 0 aromatic carbocycles. The molecule has 8 atom stereocenters. The molecule has 0 radical (unpaired) electrons. The van der Waals surface area contributed by atoms with Gasteiger partial charge >= 0.3 is 11.9 Å². The van der Waals surface area contributed by atoms with E-state index in [1.54, 1.807) is 0 Å². The summed E-state index contributed by atoms with van der Waals surface area (Å²) in [5.74, 6) is 3.76. The fourth-order valence-corrected chi connectivity index (χ4v) is 6.22. The zero-order valence-electron chi connectivity index (χ0n) is 12.8. The van der Waals surface area contributed by atoms with Crippen molar-refractivity contribution >= 4 is 11.9 Å². The van der Waals surface area contributed by atoms with Crippen molar-refractivity contribution in [2.75, 3.05) is 0 Å². The average Bonchev–Trinajstić information content (AvgIpc) is 3.14. The number of carbonyl (C=O) groups is 2. The lowest BCUT2D eigenvalue weighted by Crippen LogP contribution is -2.41. The van der Waals surface area contributed by atoms with E-state index in [0.717, 1.165) is 24.7 Å². The summed E-state index contributed by atoms with van der Waals surface area (Å²) in [6.45, 7) is 3.38. The third-order valence-electron chi connectivity index (χ3n) is 6.59. The van der Waals surface area contributed by atoms with Crippen molar-refractivity contribution in [3.63, 3.8) is 0 Å². The van der Waals surface area contributed by atoms with Crippen LogP contribution in [0.15, 0.2) is 0 Å². The minimum Gasteiger partial charge on any atom is -0.462 e. The molecule has 0 spiro atoms. The smallest absolute Gasteiger partial charge is 0.305 e. The van der Waals surface area contributed by atoms with Crippen molar-refractivity contribution in [1.82, 2.24) is 0 Å². The Bertz CT molecular complexity index is 473. The molecule has 4 aliphatic rings. The first-order valence-electron chi connectivity index (χ1n) is 8.45. The fourth-order valence-electron chi connectivity index (χ4n) is 6.22. The summed E-state index contributed by atoms with van der Waals surface area (Å²) in [4.78, 5) is 22.8. The zero-order chi connectivity index (χ0) is 14.7. The molecule has 4 heteroatoms. The largest absolute Gasteiger partial charge is 0.462 e. The highest BCUT2D eigenvalue weighted by atomic mass is 16.5.